The molecule has 0 aliphatic heterocycles. The molecule has 0 saturated carbocycles. The standard InChI is InChI=1S/C15H14ClIN2O/c1-10(20)19-14-5-3-2-4-11(14)9-18-15-7-6-12(17)8-13(15)16/h2-8,18H,9H2,1H3,(H,19,20). The number of nitrogens with one attached hydrogen (secondary N) is 2. The molecule has 20 heavy (non-hydrogen) atoms. The van der Waals surface area contributed by atoms with Gasteiger partial charge in [-0.1, -0.05) is 29.8 Å². The summed E-state index contributed by atoms with van der Waals surface area (Å²) in [5, 5.41) is 6.79. The van der Waals surface area contributed by atoms with E-state index in [9.17, 15) is 4.79 Å². The molecule has 2 aromatic rings. The van der Waals surface area contributed by atoms with Crippen molar-refractivity contribution in [2.75, 3.05) is 10.6 Å². The molecule has 0 aliphatic rings. The summed E-state index contributed by atoms with van der Waals surface area (Å²) in [6.45, 7) is 2.09. The van der Waals surface area contributed by atoms with Crippen molar-refractivity contribution in [3.8, 4) is 0 Å². The summed E-state index contributed by atoms with van der Waals surface area (Å²) in [6.07, 6.45) is 0. The average Bonchev–Trinajstić information content (AvgIpc) is 2.39. The molecule has 5 heteroatoms. The van der Waals surface area contributed by atoms with Crippen molar-refractivity contribution in [2.45, 2.75) is 13.5 Å². The van der Waals surface area contributed by atoms with E-state index in [1.807, 2.05) is 42.5 Å². The van der Waals surface area contributed by atoms with Gasteiger partial charge in [-0.15, -0.1) is 0 Å². The van der Waals surface area contributed by atoms with Crippen molar-refractivity contribution < 1.29 is 4.79 Å². The van der Waals surface area contributed by atoms with Gasteiger partial charge in [0.2, 0.25) is 5.91 Å². The molecule has 0 aromatic heterocycles. The van der Waals surface area contributed by atoms with Crippen LogP contribution in [0.25, 0.3) is 0 Å². The molecule has 0 bridgehead atoms. The molecule has 0 aliphatic carbocycles. The number of carbonyl (C=O) groups excluding carboxylic acids is 1. The van der Waals surface area contributed by atoms with Gasteiger partial charge in [-0.3, -0.25) is 4.79 Å². The van der Waals surface area contributed by atoms with Crippen molar-refractivity contribution in [3.05, 3.63) is 56.6 Å². The van der Waals surface area contributed by atoms with E-state index in [2.05, 4.69) is 33.2 Å². The van der Waals surface area contributed by atoms with Crippen LogP contribution in [-0.4, -0.2) is 5.91 Å². The number of rotatable bonds is 4. The predicted molar refractivity (Wildman–Crippen MR) is 92.2 cm³/mol. The van der Waals surface area contributed by atoms with Crippen LogP contribution >= 0.6 is 34.2 Å². The van der Waals surface area contributed by atoms with E-state index in [0.29, 0.717) is 11.6 Å². The first-order valence-corrected chi connectivity index (χ1v) is 7.56. The van der Waals surface area contributed by atoms with E-state index in [-0.39, 0.29) is 5.91 Å². The summed E-state index contributed by atoms with van der Waals surface area (Å²) in [5.41, 5.74) is 2.70. The van der Waals surface area contributed by atoms with Gasteiger partial charge in [0.05, 0.1) is 10.7 Å². The molecule has 2 rings (SSSR count). The molecule has 0 fully saturated rings. The molecule has 0 spiro atoms. The zero-order valence-corrected chi connectivity index (χ0v) is 13.8. The highest BCUT2D eigenvalue weighted by Gasteiger charge is 2.05. The Morgan fingerprint density at radius 3 is 2.65 bits per heavy atom. The van der Waals surface area contributed by atoms with Gasteiger partial charge in [0.1, 0.15) is 0 Å². The summed E-state index contributed by atoms with van der Waals surface area (Å²) in [4.78, 5) is 11.2. The van der Waals surface area contributed by atoms with Crippen molar-refractivity contribution in [3.63, 3.8) is 0 Å². The fourth-order valence-electron chi connectivity index (χ4n) is 1.81. The van der Waals surface area contributed by atoms with Crippen LogP contribution in [0.3, 0.4) is 0 Å². The second kappa shape index (κ2) is 6.95. The van der Waals surface area contributed by atoms with Crippen molar-refractivity contribution >= 4 is 51.5 Å². The molecule has 1 amide bonds. The molecule has 0 saturated heterocycles. The maximum absolute atomic E-state index is 11.2. The average molecular weight is 401 g/mol. The fourth-order valence-corrected chi connectivity index (χ4v) is 2.73. The summed E-state index contributed by atoms with van der Waals surface area (Å²) in [5.74, 6) is -0.0789. The molecule has 3 nitrogen and oxygen atoms in total. The normalized spacial score (nSPS) is 10.2. The maximum Gasteiger partial charge on any atom is 0.221 e. The molecule has 0 heterocycles. The highest BCUT2D eigenvalue weighted by atomic mass is 127. The van der Waals surface area contributed by atoms with E-state index in [0.717, 1.165) is 20.5 Å². The second-order valence-corrected chi connectivity index (χ2v) is 5.97. The molecule has 104 valence electrons. The van der Waals surface area contributed by atoms with Crippen LogP contribution in [0.5, 0.6) is 0 Å². The number of amides is 1. The Morgan fingerprint density at radius 2 is 1.95 bits per heavy atom. The second-order valence-electron chi connectivity index (χ2n) is 4.32. The lowest BCUT2D eigenvalue weighted by atomic mass is 10.1. The number of anilines is 2. The van der Waals surface area contributed by atoms with Crippen LogP contribution in [-0.2, 0) is 11.3 Å². The quantitative estimate of drug-likeness (QED) is 0.741. The van der Waals surface area contributed by atoms with Crippen LogP contribution in [0.4, 0.5) is 11.4 Å². The zero-order chi connectivity index (χ0) is 14.5. The molecule has 0 atom stereocenters. The van der Waals surface area contributed by atoms with E-state index >= 15 is 0 Å². The van der Waals surface area contributed by atoms with Crippen LogP contribution in [0.1, 0.15) is 12.5 Å². The van der Waals surface area contributed by atoms with Gasteiger partial charge in [0, 0.05) is 22.7 Å². The smallest absolute Gasteiger partial charge is 0.221 e. The Morgan fingerprint density at radius 1 is 1.20 bits per heavy atom. The van der Waals surface area contributed by atoms with Gasteiger partial charge >= 0.3 is 0 Å². The number of halogens is 2. The Balaban J connectivity index is 2.12. The third-order valence-electron chi connectivity index (χ3n) is 2.73. The lowest BCUT2D eigenvalue weighted by Gasteiger charge is -2.12. The number of para-hydroxylation sites is 1. The van der Waals surface area contributed by atoms with Crippen LogP contribution < -0.4 is 10.6 Å². The van der Waals surface area contributed by atoms with E-state index in [4.69, 9.17) is 11.6 Å². The molecular weight excluding hydrogens is 387 g/mol. The Bertz CT molecular complexity index is 631. The van der Waals surface area contributed by atoms with Gasteiger partial charge in [0.15, 0.2) is 0 Å². The number of benzene rings is 2. The zero-order valence-electron chi connectivity index (χ0n) is 10.9. The van der Waals surface area contributed by atoms with Crippen LogP contribution in [0.2, 0.25) is 5.02 Å². The van der Waals surface area contributed by atoms with E-state index in [1.165, 1.54) is 6.92 Å². The highest BCUT2D eigenvalue weighted by molar-refractivity contribution is 14.1. The minimum absolute atomic E-state index is 0.0789. The third-order valence-corrected chi connectivity index (χ3v) is 3.71. The minimum atomic E-state index is -0.0789. The number of hydrogen-bond donors (Lipinski definition) is 2. The Hall–Kier alpha value is -1.27. The first-order valence-electron chi connectivity index (χ1n) is 6.10. The SMILES string of the molecule is CC(=O)Nc1ccccc1CNc1ccc(I)cc1Cl. The number of carbonyl (C=O) groups is 1. The topological polar surface area (TPSA) is 41.1 Å². The van der Waals surface area contributed by atoms with Crippen molar-refractivity contribution in [2.24, 2.45) is 0 Å². The number of hydrogen-bond acceptors (Lipinski definition) is 2. The molecular formula is C15H14ClIN2O. The van der Waals surface area contributed by atoms with Gasteiger partial charge < -0.3 is 10.6 Å². The van der Waals surface area contributed by atoms with Crippen LogP contribution in [0, 0.1) is 3.57 Å². The molecule has 2 aromatic carbocycles. The predicted octanol–water partition coefficient (Wildman–Crippen LogP) is 4.52. The van der Waals surface area contributed by atoms with Crippen LogP contribution in [0.15, 0.2) is 42.5 Å². The van der Waals surface area contributed by atoms with Gasteiger partial charge in [-0.05, 0) is 52.4 Å². The Labute approximate surface area is 136 Å². The summed E-state index contributed by atoms with van der Waals surface area (Å²) < 4.78 is 1.09. The largest absolute Gasteiger partial charge is 0.380 e. The fraction of sp³-hybridized carbons (Fsp3) is 0.133. The first-order chi connectivity index (χ1) is 9.56. The molecule has 0 radical (unpaired) electrons. The van der Waals surface area contributed by atoms with Gasteiger partial charge in [0.25, 0.3) is 0 Å². The van der Waals surface area contributed by atoms with Gasteiger partial charge in [-0.25, -0.2) is 0 Å². The van der Waals surface area contributed by atoms with E-state index < -0.39 is 0 Å². The Kier molecular flexibility index (Phi) is 5.25. The highest BCUT2D eigenvalue weighted by Crippen LogP contribution is 2.25. The monoisotopic (exact) mass is 400 g/mol. The maximum atomic E-state index is 11.2. The minimum Gasteiger partial charge on any atom is -0.380 e. The molecule has 0 unspecified atom stereocenters. The lowest BCUT2D eigenvalue weighted by Crippen LogP contribution is -2.10. The summed E-state index contributed by atoms with van der Waals surface area (Å²) in [6, 6.07) is 13.5. The summed E-state index contributed by atoms with van der Waals surface area (Å²) >= 11 is 8.40. The van der Waals surface area contributed by atoms with Crippen molar-refractivity contribution in [1.29, 1.82) is 0 Å². The summed E-state index contributed by atoms with van der Waals surface area (Å²) in [7, 11) is 0. The van der Waals surface area contributed by atoms with E-state index in [1.54, 1.807) is 0 Å². The lowest BCUT2D eigenvalue weighted by molar-refractivity contribution is -0.114. The third kappa shape index (κ3) is 4.11. The molecule has 2 N–H and O–H groups in total. The van der Waals surface area contributed by atoms with Crippen molar-refractivity contribution in [1.82, 2.24) is 0 Å². The van der Waals surface area contributed by atoms with Gasteiger partial charge in [-0.2, -0.15) is 0 Å². The first kappa shape index (κ1) is 15.1.